The van der Waals surface area contributed by atoms with Gasteiger partial charge in [-0.05, 0) is 58.4 Å². The normalized spacial score (nSPS) is 22.4. The summed E-state index contributed by atoms with van der Waals surface area (Å²) in [6.07, 6.45) is 2.87. The Morgan fingerprint density at radius 3 is 2.47 bits per heavy atom. The van der Waals surface area contributed by atoms with Crippen molar-refractivity contribution in [2.24, 2.45) is 0 Å². The van der Waals surface area contributed by atoms with E-state index in [1.807, 2.05) is 30.3 Å². The molecule has 1 aromatic rings. The number of esters is 1. The van der Waals surface area contributed by atoms with Gasteiger partial charge in [-0.1, -0.05) is 30.3 Å². The summed E-state index contributed by atoms with van der Waals surface area (Å²) < 4.78 is 18.5. The molecule has 30 heavy (non-hydrogen) atoms. The number of rotatable bonds is 4. The predicted molar refractivity (Wildman–Crippen MR) is 112 cm³/mol. The first-order chi connectivity index (χ1) is 14.8. The lowest BCUT2D eigenvalue weighted by Crippen LogP contribution is -2.55. The molecule has 7 heteroatoms. The molecule has 0 saturated carbocycles. The minimum Gasteiger partial charge on any atom is -0.459 e. The van der Waals surface area contributed by atoms with Crippen LogP contribution in [-0.2, 0) is 25.7 Å². The van der Waals surface area contributed by atoms with Crippen LogP contribution in [-0.4, -0.2) is 58.5 Å². The smallest absolute Gasteiger partial charge is 0.410 e. The van der Waals surface area contributed by atoms with E-state index in [0.29, 0.717) is 25.9 Å². The molecule has 2 amide bonds. The highest BCUT2D eigenvalue weighted by Crippen LogP contribution is 2.26. The van der Waals surface area contributed by atoms with Crippen LogP contribution in [0.4, 0.5) is 4.79 Å². The average molecular weight is 418 g/mol. The molecule has 2 fully saturated rings. The average Bonchev–Trinajstić information content (AvgIpc) is 3.27. The van der Waals surface area contributed by atoms with Crippen LogP contribution in [0.3, 0.4) is 0 Å². The molecule has 0 spiro atoms. The van der Waals surface area contributed by atoms with Gasteiger partial charge in [-0.25, -0.2) is 9.59 Å². The Morgan fingerprint density at radius 2 is 1.73 bits per heavy atom. The summed E-state index contributed by atoms with van der Waals surface area (Å²) in [5.74, 6) is -0.630. The zero-order valence-corrected chi connectivity index (χ0v) is 17.8. The number of benzene rings is 1. The van der Waals surface area contributed by atoms with E-state index in [4.69, 9.17) is 10.8 Å². The van der Waals surface area contributed by atoms with Crippen LogP contribution in [0, 0.1) is 0 Å². The fourth-order valence-corrected chi connectivity index (χ4v) is 3.99. The summed E-state index contributed by atoms with van der Waals surface area (Å²) >= 11 is 0. The number of nitrogens with zero attached hydrogens (tertiary/aromatic N) is 2. The van der Waals surface area contributed by atoms with Gasteiger partial charge in [0.05, 0.1) is 0 Å². The molecule has 0 aromatic heterocycles. The highest BCUT2D eigenvalue weighted by atomic mass is 16.6. The van der Waals surface area contributed by atoms with E-state index in [-0.39, 0.29) is 19.4 Å². The van der Waals surface area contributed by atoms with Crippen molar-refractivity contribution < 1.29 is 25.2 Å². The van der Waals surface area contributed by atoms with Crippen molar-refractivity contribution in [2.45, 2.75) is 77.1 Å². The Hall–Kier alpha value is -2.57. The molecule has 2 saturated heterocycles. The molecular weight excluding hydrogens is 384 g/mol. The number of carbonyl (C=O) groups excluding carboxylic acids is 3. The fraction of sp³-hybridized carbons (Fsp3) is 0.609. The van der Waals surface area contributed by atoms with Crippen LogP contribution in [0.15, 0.2) is 30.3 Å². The predicted octanol–water partition coefficient (Wildman–Crippen LogP) is 3.51. The molecule has 164 valence electrons. The molecule has 0 aliphatic carbocycles. The van der Waals surface area contributed by atoms with Crippen LogP contribution >= 0.6 is 0 Å². The molecule has 2 heterocycles. The molecule has 0 N–H and O–H groups in total. The number of amides is 2. The van der Waals surface area contributed by atoms with E-state index in [2.05, 4.69) is 0 Å². The maximum atomic E-state index is 13.4. The first kappa shape index (κ1) is 20.7. The maximum Gasteiger partial charge on any atom is 0.410 e. The molecular formula is C23H32N2O5. The number of likely N-dealkylation sites (tertiary alicyclic amines) is 2. The Morgan fingerprint density at radius 1 is 1.03 bits per heavy atom. The van der Waals surface area contributed by atoms with E-state index in [1.165, 1.54) is 4.90 Å². The van der Waals surface area contributed by atoms with E-state index in [1.54, 1.807) is 18.7 Å². The first-order valence-electron chi connectivity index (χ1n) is 11.3. The van der Waals surface area contributed by atoms with Gasteiger partial charge in [0.1, 0.15) is 24.3 Å². The number of carbonyl (C=O) groups is 3. The van der Waals surface area contributed by atoms with E-state index >= 15 is 0 Å². The van der Waals surface area contributed by atoms with Gasteiger partial charge in [-0.15, -0.1) is 0 Å². The Balaban J connectivity index is 1.65. The van der Waals surface area contributed by atoms with E-state index in [9.17, 15) is 14.4 Å². The van der Waals surface area contributed by atoms with Gasteiger partial charge in [0, 0.05) is 14.5 Å². The first-order valence-corrected chi connectivity index (χ1v) is 10.6. The summed E-state index contributed by atoms with van der Waals surface area (Å²) in [7, 11) is 0. The third-order valence-corrected chi connectivity index (χ3v) is 5.42. The van der Waals surface area contributed by atoms with Gasteiger partial charge in [0.25, 0.3) is 0 Å². The van der Waals surface area contributed by atoms with Gasteiger partial charge in [0.15, 0.2) is 0 Å². The van der Waals surface area contributed by atoms with E-state index < -0.39 is 29.7 Å². The molecule has 2 aliphatic rings. The molecule has 2 atom stereocenters. The van der Waals surface area contributed by atoms with Crippen molar-refractivity contribution in [3.63, 3.8) is 0 Å². The minimum absolute atomic E-state index is 0.0629. The van der Waals surface area contributed by atoms with Gasteiger partial charge in [-0.3, -0.25) is 9.69 Å². The highest BCUT2D eigenvalue weighted by Gasteiger charge is 2.42. The van der Waals surface area contributed by atoms with E-state index in [0.717, 1.165) is 24.8 Å². The largest absolute Gasteiger partial charge is 0.459 e. The molecule has 7 nitrogen and oxygen atoms in total. The second kappa shape index (κ2) is 9.49. The van der Waals surface area contributed by atoms with Crippen LogP contribution < -0.4 is 0 Å². The second-order valence-corrected chi connectivity index (χ2v) is 8.62. The van der Waals surface area contributed by atoms with Crippen LogP contribution in [0.1, 0.15) is 59.8 Å². The van der Waals surface area contributed by atoms with Crippen LogP contribution in [0.2, 0.25) is 0 Å². The number of ether oxygens (including phenoxy) is 2. The SMILES string of the molecule is [2H]CC(C)(C)OC(=O)N1CCCC[C@H]1C(=O)N1CCC[C@H]1C(=O)OCc1ccccc1. The standard InChI is InChI=1S/C23H32N2O5/c1-23(2,3)30-22(28)25-14-8-7-12-18(25)20(26)24-15-9-13-19(24)21(27)29-16-17-10-5-4-6-11-17/h4-6,10-11,18-19H,7-9,12-16H2,1-3H3/t18-,19-/m0/s1/i1D. The van der Waals surface area contributed by atoms with Gasteiger partial charge in [0.2, 0.25) is 5.91 Å². The van der Waals surface area contributed by atoms with Crippen molar-refractivity contribution in [2.75, 3.05) is 13.1 Å². The van der Waals surface area contributed by atoms with Crippen molar-refractivity contribution in [3.8, 4) is 0 Å². The third kappa shape index (κ3) is 5.52. The topological polar surface area (TPSA) is 76.2 Å². The zero-order chi connectivity index (χ0) is 22.4. The third-order valence-electron chi connectivity index (χ3n) is 5.42. The summed E-state index contributed by atoms with van der Waals surface area (Å²) in [4.78, 5) is 41.9. The maximum absolute atomic E-state index is 13.4. The quantitative estimate of drug-likeness (QED) is 0.701. The summed E-state index contributed by atoms with van der Waals surface area (Å²) in [6, 6.07) is 8.16. The number of piperidine rings is 1. The molecule has 0 unspecified atom stereocenters. The Labute approximate surface area is 179 Å². The highest BCUT2D eigenvalue weighted by molar-refractivity contribution is 5.90. The summed E-state index contributed by atoms with van der Waals surface area (Å²) in [5, 5.41) is 0. The molecule has 2 aliphatic heterocycles. The monoisotopic (exact) mass is 417 g/mol. The lowest BCUT2D eigenvalue weighted by molar-refractivity contribution is -0.156. The van der Waals surface area contributed by atoms with Crippen molar-refractivity contribution in [1.82, 2.24) is 9.80 Å². The lowest BCUT2D eigenvalue weighted by atomic mass is 10.0. The molecule has 0 bridgehead atoms. The van der Waals surface area contributed by atoms with Crippen molar-refractivity contribution >= 4 is 18.0 Å². The lowest BCUT2D eigenvalue weighted by Gasteiger charge is -2.38. The van der Waals surface area contributed by atoms with Crippen molar-refractivity contribution in [1.29, 1.82) is 0 Å². The molecule has 0 radical (unpaired) electrons. The summed E-state index contributed by atoms with van der Waals surface area (Å²) in [6.45, 7) is 4.37. The summed E-state index contributed by atoms with van der Waals surface area (Å²) in [5.41, 5.74) is -0.0237. The van der Waals surface area contributed by atoms with Crippen LogP contribution in [0.25, 0.3) is 0 Å². The van der Waals surface area contributed by atoms with Gasteiger partial charge in [-0.2, -0.15) is 0 Å². The van der Waals surface area contributed by atoms with Gasteiger partial charge < -0.3 is 14.4 Å². The van der Waals surface area contributed by atoms with Crippen LogP contribution in [0.5, 0.6) is 0 Å². The molecule has 1 aromatic carbocycles. The number of hydrogen-bond donors (Lipinski definition) is 0. The Bertz CT molecular complexity index is 785. The van der Waals surface area contributed by atoms with Gasteiger partial charge >= 0.3 is 12.1 Å². The fourth-order valence-electron chi connectivity index (χ4n) is 3.99. The zero-order valence-electron chi connectivity index (χ0n) is 18.8. The Kier molecular flexibility index (Phi) is 6.55. The van der Waals surface area contributed by atoms with Crippen molar-refractivity contribution in [3.05, 3.63) is 35.9 Å². The number of hydrogen-bond acceptors (Lipinski definition) is 5. The molecule has 3 rings (SSSR count). The minimum atomic E-state index is -0.917. The second-order valence-electron chi connectivity index (χ2n) is 8.62.